The van der Waals surface area contributed by atoms with Crippen molar-refractivity contribution in [3.8, 4) is 17.6 Å². The summed E-state index contributed by atoms with van der Waals surface area (Å²) >= 11 is 0. The summed E-state index contributed by atoms with van der Waals surface area (Å²) in [5, 5.41) is 8.67. The predicted molar refractivity (Wildman–Crippen MR) is 78.3 cm³/mol. The van der Waals surface area contributed by atoms with E-state index >= 15 is 0 Å². The van der Waals surface area contributed by atoms with Crippen LogP contribution in [0.3, 0.4) is 0 Å². The Bertz CT molecular complexity index is 692. The van der Waals surface area contributed by atoms with Gasteiger partial charge in [-0.3, -0.25) is 0 Å². The minimum atomic E-state index is -1.31. The number of carbonyl (C=O) groups is 2. The standard InChI is InChI=1S/C16H15NO6/c1-16(2)22-14(18)11(15(19)23-16)9-10-5-4-6-12(20-3)13(10)21-8-7-17/h4-6,9H,8H2,1-3H3. The average molecular weight is 317 g/mol. The molecule has 0 unspecified atom stereocenters. The van der Waals surface area contributed by atoms with Crippen LogP contribution in [0.1, 0.15) is 19.4 Å². The number of cyclic esters (lactones) is 2. The third-order valence-corrected chi connectivity index (χ3v) is 2.93. The molecule has 0 aliphatic carbocycles. The highest BCUT2D eigenvalue weighted by Gasteiger charge is 2.39. The highest BCUT2D eigenvalue weighted by molar-refractivity contribution is 6.19. The largest absolute Gasteiger partial charge is 0.493 e. The summed E-state index contributed by atoms with van der Waals surface area (Å²) in [5.74, 6) is -2.28. The van der Waals surface area contributed by atoms with Crippen molar-refractivity contribution in [3.05, 3.63) is 29.3 Å². The van der Waals surface area contributed by atoms with E-state index in [1.807, 2.05) is 6.07 Å². The van der Waals surface area contributed by atoms with Crippen LogP contribution in [0.5, 0.6) is 11.5 Å². The first kappa shape index (κ1) is 16.4. The first-order chi connectivity index (χ1) is 10.9. The molecule has 120 valence electrons. The zero-order chi connectivity index (χ0) is 17.0. The third kappa shape index (κ3) is 3.61. The molecule has 1 aromatic rings. The van der Waals surface area contributed by atoms with E-state index in [9.17, 15) is 9.59 Å². The summed E-state index contributed by atoms with van der Waals surface area (Å²) in [4.78, 5) is 24.0. The first-order valence-corrected chi connectivity index (χ1v) is 6.73. The van der Waals surface area contributed by atoms with Crippen LogP contribution in [-0.4, -0.2) is 31.4 Å². The molecule has 7 nitrogen and oxygen atoms in total. The fraction of sp³-hybridized carbons (Fsp3) is 0.312. The Hall–Kier alpha value is -3.01. The molecule has 0 bridgehead atoms. The molecule has 1 saturated heterocycles. The monoisotopic (exact) mass is 317 g/mol. The molecule has 0 N–H and O–H groups in total. The second kappa shape index (κ2) is 6.40. The van der Waals surface area contributed by atoms with Crippen LogP contribution in [0, 0.1) is 11.3 Å². The number of ether oxygens (including phenoxy) is 4. The van der Waals surface area contributed by atoms with E-state index in [1.165, 1.54) is 27.0 Å². The molecule has 1 aromatic carbocycles. The topological polar surface area (TPSA) is 94.8 Å². The van der Waals surface area contributed by atoms with Crippen LogP contribution in [0.25, 0.3) is 6.08 Å². The Balaban J connectivity index is 2.44. The fourth-order valence-electron chi connectivity index (χ4n) is 2.00. The van der Waals surface area contributed by atoms with Gasteiger partial charge in [0.25, 0.3) is 5.79 Å². The molecule has 0 spiro atoms. The van der Waals surface area contributed by atoms with Crippen molar-refractivity contribution in [2.45, 2.75) is 19.6 Å². The fourth-order valence-corrected chi connectivity index (χ4v) is 2.00. The molecular weight excluding hydrogens is 302 g/mol. The first-order valence-electron chi connectivity index (χ1n) is 6.73. The number of hydrogen-bond donors (Lipinski definition) is 0. The van der Waals surface area contributed by atoms with Gasteiger partial charge in [-0.05, 0) is 12.1 Å². The van der Waals surface area contributed by atoms with Crippen molar-refractivity contribution in [1.82, 2.24) is 0 Å². The second-order valence-electron chi connectivity index (χ2n) is 5.06. The predicted octanol–water partition coefficient (Wildman–Crippen LogP) is 1.82. The van der Waals surface area contributed by atoms with Gasteiger partial charge >= 0.3 is 11.9 Å². The van der Waals surface area contributed by atoms with Crippen LogP contribution in [0.2, 0.25) is 0 Å². The Morgan fingerprint density at radius 1 is 1.26 bits per heavy atom. The zero-order valence-electron chi connectivity index (χ0n) is 12.9. The number of rotatable bonds is 4. The van der Waals surface area contributed by atoms with Gasteiger partial charge in [0.2, 0.25) is 0 Å². The minimum Gasteiger partial charge on any atom is -0.493 e. The number of carbonyl (C=O) groups excluding carboxylic acids is 2. The molecule has 0 saturated carbocycles. The van der Waals surface area contributed by atoms with E-state index in [2.05, 4.69) is 0 Å². The van der Waals surface area contributed by atoms with Gasteiger partial charge in [0.15, 0.2) is 18.1 Å². The highest BCUT2D eigenvalue weighted by Crippen LogP contribution is 2.34. The Morgan fingerprint density at radius 3 is 2.48 bits per heavy atom. The van der Waals surface area contributed by atoms with Crippen molar-refractivity contribution in [2.75, 3.05) is 13.7 Å². The molecule has 1 fully saturated rings. The van der Waals surface area contributed by atoms with Gasteiger partial charge in [-0.2, -0.15) is 5.26 Å². The SMILES string of the molecule is COc1cccc(C=C2C(=O)OC(C)(C)OC2=O)c1OCC#N. The van der Waals surface area contributed by atoms with E-state index in [1.54, 1.807) is 18.2 Å². The number of para-hydroxylation sites is 1. The Labute approximate surface area is 133 Å². The molecule has 2 rings (SSSR count). The van der Waals surface area contributed by atoms with E-state index in [0.29, 0.717) is 11.3 Å². The summed E-state index contributed by atoms with van der Waals surface area (Å²) in [7, 11) is 1.44. The van der Waals surface area contributed by atoms with Gasteiger partial charge in [0.1, 0.15) is 11.6 Å². The lowest BCUT2D eigenvalue weighted by Gasteiger charge is -2.29. The molecule has 1 heterocycles. The van der Waals surface area contributed by atoms with Crippen LogP contribution in [0.4, 0.5) is 0 Å². The van der Waals surface area contributed by atoms with E-state index in [0.717, 1.165) is 0 Å². The molecule has 0 atom stereocenters. The number of methoxy groups -OCH3 is 1. The number of benzene rings is 1. The molecule has 0 radical (unpaired) electrons. The van der Waals surface area contributed by atoms with Gasteiger partial charge in [-0.25, -0.2) is 9.59 Å². The summed E-state index contributed by atoms with van der Waals surface area (Å²) in [6.07, 6.45) is 1.29. The Morgan fingerprint density at radius 2 is 1.91 bits per heavy atom. The lowest BCUT2D eigenvalue weighted by atomic mass is 10.1. The average Bonchev–Trinajstić information content (AvgIpc) is 2.48. The maximum Gasteiger partial charge on any atom is 0.348 e. The summed E-state index contributed by atoms with van der Waals surface area (Å²) in [6.45, 7) is 2.72. The van der Waals surface area contributed by atoms with Crippen molar-refractivity contribution >= 4 is 18.0 Å². The molecule has 7 heteroatoms. The van der Waals surface area contributed by atoms with Crippen LogP contribution < -0.4 is 9.47 Å². The summed E-state index contributed by atoms with van der Waals surface area (Å²) < 4.78 is 20.6. The van der Waals surface area contributed by atoms with Crippen LogP contribution in [-0.2, 0) is 19.1 Å². The molecule has 0 aromatic heterocycles. The smallest absolute Gasteiger partial charge is 0.348 e. The summed E-state index contributed by atoms with van der Waals surface area (Å²) in [5.41, 5.74) is 0.127. The molecule has 1 aliphatic heterocycles. The lowest BCUT2D eigenvalue weighted by molar-refractivity contribution is -0.222. The van der Waals surface area contributed by atoms with Crippen LogP contribution in [0.15, 0.2) is 23.8 Å². The third-order valence-electron chi connectivity index (χ3n) is 2.93. The summed E-state index contributed by atoms with van der Waals surface area (Å²) in [6, 6.07) is 6.75. The quantitative estimate of drug-likeness (QED) is 0.475. The second-order valence-corrected chi connectivity index (χ2v) is 5.06. The van der Waals surface area contributed by atoms with E-state index < -0.39 is 17.7 Å². The van der Waals surface area contributed by atoms with Gasteiger partial charge < -0.3 is 18.9 Å². The number of nitriles is 1. The Kier molecular flexibility index (Phi) is 4.55. The van der Waals surface area contributed by atoms with Gasteiger partial charge in [0, 0.05) is 19.4 Å². The normalized spacial score (nSPS) is 16.0. The highest BCUT2D eigenvalue weighted by atomic mass is 16.7. The van der Waals surface area contributed by atoms with E-state index in [-0.39, 0.29) is 17.9 Å². The maximum absolute atomic E-state index is 12.0. The number of esters is 2. The zero-order valence-corrected chi connectivity index (χ0v) is 12.9. The van der Waals surface area contributed by atoms with Crippen molar-refractivity contribution in [2.24, 2.45) is 0 Å². The van der Waals surface area contributed by atoms with Gasteiger partial charge in [0.05, 0.1) is 7.11 Å². The molecule has 1 aliphatic rings. The number of nitrogens with zero attached hydrogens (tertiary/aromatic N) is 1. The van der Waals surface area contributed by atoms with E-state index in [4.69, 9.17) is 24.2 Å². The van der Waals surface area contributed by atoms with Crippen molar-refractivity contribution in [3.63, 3.8) is 0 Å². The number of hydrogen-bond acceptors (Lipinski definition) is 7. The minimum absolute atomic E-state index is 0.210. The van der Waals surface area contributed by atoms with Crippen molar-refractivity contribution in [1.29, 1.82) is 5.26 Å². The van der Waals surface area contributed by atoms with Crippen LogP contribution >= 0.6 is 0 Å². The molecular formula is C16H15NO6. The lowest BCUT2D eigenvalue weighted by Crippen LogP contribution is -2.41. The molecule has 23 heavy (non-hydrogen) atoms. The molecule has 0 amide bonds. The van der Waals surface area contributed by atoms with Crippen molar-refractivity contribution < 1.29 is 28.5 Å². The van der Waals surface area contributed by atoms with Gasteiger partial charge in [-0.15, -0.1) is 0 Å². The van der Waals surface area contributed by atoms with Gasteiger partial charge in [-0.1, -0.05) is 12.1 Å². The maximum atomic E-state index is 12.0.